The van der Waals surface area contributed by atoms with Crippen molar-refractivity contribution in [3.63, 3.8) is 0 Å². The lowest BCUT2D eigenvalue weighted by atomic mass is 10.1. The molecule has 1 amide bonds. The fraction of sp³-hybridized carbons (Fsp3) is 0.286. The van der Waals surface area contributed by atoms with Gasteiger partial charge in [0.2, 0.25) is 5.91 Å². The highest BCUT2D eigenvalue weighted by atomic mass is 32.2. The van der Waals surface area contributed by atoms with E-state index >= 15 is 0 Å². The first-order valence-electron chi connectivity index (χ1n) is 8.98. The lowest BCUT2D eigenvalue weighted by Gasteiger charge is -2.17. The number of carbonyl (C=O) groups is 1. The Bertz CT molecular complexity index is 910. The Kier molecular flexibility index (Phi) is 7.17. The number of hydrogen-bond acceptors (Lipinski definition) is 5. The number of benzene rings is 2. The summed E-state index contributed by atoms with van der Waals surface area (Å²) in [4.78, 5) is 15.5. The van der Waals surface area contributed by atoms with Crippen LogP contribution >= 0.6 is 23.5 Å². The SMILES string of the molecule is CSc1ccc(CN(C)C(=O)CSc2nnc(Cc3ccccc3)n2C)cc1. The normalized spacial score (nSPS) is 10.8. The van der Waals surface area contributed by atoms with Crippen LogP contribution in [0.25, 0.3) is 0 Å². The second-order valence-electron chi connectivity index (χ2n) is 6.51. The van der Waals surface area contributed by atoms with Gasteiger partial charge < -0.3 is 9.47 Å². The van der Waals surface area contributed by atoms with Gasteiger partial charge in [-0.1, -0.05) is 54.2 Å². The van der Waals surface area contributed by atoms with Crippen LogP contribution in [-0.4, -0.2) is 44.6 Å². The Hall–Kier alpha value is -2.25. The number of thioether (sulfide) groups is 2. The molecule has 0 aliphatic rings. The van der Waals surface area contributed by atoms with Gasteiger partial charge in [-0.25, -0.2) is 0 Å². The fourth-order valence-corrected chi connectivity index (χ4v) is 4.01. The lowest BCUT2D eigenvalue weighted by Crippen LogP contribution is -2.27. The van der Waals surface area contributed by atoms with Crippen LogP contribution in [0, 0.1) is 0 Å². The highest BCUT2D eigenvalue weighted by molar-refractivity contribution is 7.99. The molecular weight excluding hydrogens is 388 g/mol. The average Bonchev–Trinajstić information content (AvgIpc) is 3.07. The topological polar surface area (TPSA) is 51.0 Å². The Balaban J connectivity index is 1.53. The predicted molar refractivity (Wildman–Crippen MR) is 116 cm³/mol. The maximum Gasteiger partial charge on any atom is 0.233 e. The number of hydrogen-bond donors (Lipinski definition) is 0. The number of carbonyl (C=O) groups excluding carboxylic acids is 1. The monoisotopic (exact) mass is 412 g/mol. The Labute approximate surface area is 174 Å². The molecule has 5 nitrogen and oxygen atoms in total. The van der Waals surface area contributed by atoms with E-state index in [9.17, 15) is 4.79 Å². The van der Waals surface area contributed by atoms with Crippen LogP contribution in [0.3, 0.4) is 0 Å². The van der Waals surface area contributed by atoms with Gasteiger partial charge in [0, 0.05) is 32.0 Å². The third-order valence-electron chi connectivity index (χ3n) is 4.46. The molecule has 3 rings (SSSR count). The van der Waals surface area contributed by atoms with Crippen molar-refractivity contribution in [2.24, 2.45) is 7.05 Å². The molecule has 2 aromatic carbocycles. The van der Waals surface area contributed by atoms with Crippen molar-refractivity contribution in [1.82, 2.24) is 19.7 Å². The van der Waals surface area contributed by atoms with Gasteiger partial charge in [0.25, 0.3) is 0 Å². The van der Waals surface area contributed by atoms with E-state index < -0.39 is 0 Å². The van der Waals surface area contributed by atoms with Crippen molar-refractivity contribution >= 4 is 29.4 Å². The minimum Gasteiger partial charge on any atom is -0.341 e. The van der Waals surface area contributed by atoms with E-state index in [2.05, 4.69) is 52.9 Å². The van der Waals surface area contributed by atoms with Crippen molar-refractivity contribution in [3.8, 4) is 0 Å². The summed E-state index contributed by atoms with van der Waals surface area (Å²) in [5.74, 6) is 1.31. The van der Waals surface area contributed by atoms with Crippen LogP contribution in [0.15, 0.2) is 64.6 Å². The van der Waals surface area contributed by atoms with E-state index in [1.807, 2.05) is 36.9 Å². The highest BCUT2D eigenvalue weighted by Crippen LogP contribution is 2.19. The Morgan fingerprint density at radius 3 is 2.43 bits per heavy atom. The zero-order valence-electron chi connectivity index (χ0n) is 16.3. The van der Waals surface area contributed by atoms with Crippen molar-refractivity contribution in [3.05, 3.63) is 71.5 Å². The maximum atomic E-state index is 12.5. The molecular formula is C21H24N4OS2. The van der Waals surface area contributed by atoms with Gasteiger partial charge in [-0.15, -0.1) is 22.0 Å². The molecule has 0 atom stereocenters. The summed E-state index contributed by atoms with van der Waals surface area (Å²) in [5, 5.41) is 9.29. The van der Waals surface area contributed by atoms with Gasteiger partial charge >= 0.3 is 0 Å². The Morgan fingerprint density at radius 1 is 1.04 bits per heavy atom. The van der Waals surface area contributed by atoms with E-state index in [1.165, 1.54) is 22.2 Å². The number of rotatable bonds is 8. The minimum absolute atomic E-state index is 0.0755. The summed E-state index contributed by atoms with van der Waals surface area (Å²) < 4.78 is 1.96. The largest absolute Gasteiger partial charge is 0.341 e. The molecule has 0 saturated carbocycles. The molecule has 0 bridgehead atoms. The number of aromatic nitrogens is 3. The molecule has 0 saturated heterocycles. The molecule has 1 aromatic heterocycles. The molecule has 0 N–H and O–H groups in total. The molecule has 0 fully saturated rings. The van der Waals surface area contributed by atoms with E-state index in [0.717, 1.165) is 23.0 Å². The summed E-state index contributed by atoms with van der Waals surface area (Å²) in [6.45, 7) is 0.603. The number of nitrogens with zero attached hydrogens (tertiary/aromatic N) is 4. The van der Waals surface area contributed by atoms with Gasteiger partial charge in [0.15, 0.2) is 5.16 Å². The van der Waals surface area contributed by atoms with Crippen LogP contribution in [0.4, 0.5) is 0 Å². The van der Waals surface area contributed by atoms with Crippen LogP contribution in [0.5, 0.6) is 0 Å². The van der Waals surface area contributed by atoms with E-state index in [4.69, 9.17) is 0 Å². The summed E-state index contributed by atoms with van der Waals surface area (Å²) in [6.07, 6.45) is 2.78. The molecule has 0 unspecified atom stereocenters. The molecule has 3 aromatic rings. The fourth-order valence-electron chi connectivity index (χ4n) is 2.73. The molecule has 146 valence electrons. The van der Waals surface area contributed by atoms with Gasteiger partial charge in [-0.05, 0) is 29.5 Å². The summed E-state index contributed by atoms with van der Waals surface area (Å²) in [7, 11) is 3.78. The second-order valence-corrected chi connectivity index (χ2v) is 8.33. The van der Waals surface area contributed by atoms with Crippen molar-refractivity contribution in [2.75, 3.05) is 19.1 Å². The summed E-state index contributed by atoms with van der Waals surface area (Å²) in [5.41, 5.74) is 2.32. The Morgan fingerprint density at radius 2 is 1.75 bits per heavy atom. The van der Waals surface area contributed by atoms with Crippen LogP contribution in [0.2, 0.25) is 0 Å². The van der Waals surface area contributed by atoms with Crippen LogP contribution in [0.1, 0.15) is 17.0 Å². The molecule has 28 heavy (non-hydrogen) atoms. The van der Waals surface area contributed by atoms with Gasteiger partial charge in [-0.3, -0.25) is 4.79 Å². The lowest BCUT2D eigenvalue weighted by molar-refractivity contribution is -0.127. The summed E-state index contributed by atoms with van der Waals surface area (Å²) >= 11 is 3.14. The maximum absolute atomic E-state index is 12.5. The molecule has 0 aliphatic carbocycles. The van der Waals surface area contributed by atoms with Crippen LogP contribution < -0.4 is 0 Å². The standard InChI is InChI=1S/C21H24N4OS2/c1-24(14-17-9-11-18(27-3)12-10-17)20(26)15-28-21-23-22-19(25(21)2)13-16-7-5-4-6-8-16/h4-12H,13-15H2,1-3H3. The first-order chi connectivity index (χ1) is 13.6. The molecule has 0 spiro atoms. The van der Waals surface area contributed by atoms with Crippen molar-refractivity contribution < 1.29 is 4.79 Å². The second kappa shape index (κ2) is 9.80. The van der Waals surface area contributed by atoms with Crippen LogP contribution in [-0.2, 0) is 24.8 Å². The van der Waals surface area contributed by atoms with E-state index in [1.54, 1.807) is 16.7 Å². The van der Waals surface area contributed by atoms with Crippen molar-refractivity contribution in [2.45, 2.75) is 23.0 Å². The van der Waals surface area contributed by atoms with Gasteiger partial charge in [-0.2, -0.15) is 0 Å². The zero-order chi connectivity index (χ0) is 19.9. The highest BCUT2D eigenvalue weighted by Gasteiger charge is 2.14. The smallest absolute Gasteiger partial charge is 0.233 e. The first kappa shape index (κ1) is 20.5. The quantitative estimate of drug-likeness (QED) is 0.526. The molecule has 7 heteroatoms. The number of amides is 1. The molecule has 0 aliphatic heterocycles. The van der Waals surface area contributed by atoms with Crippen molar-refractivity contribution in [1.29, 1.82) is 0 Å². The third kappa shape index (κ3) is 5.39. The van der Waals surface area contributed by atoms with E-state index in [-0.39, 0.29) is 5.91 Å². The average molecular weight is 413 g/mol. The van der Waals surface area contributed by atoms with Gasteiger partial charge in [0.1, 0.15) is 5.82 Å². The third-order valence-corrected chi connectivity index (χ3v) is 6.21. The van der Waals surface area contributed by atoms with E-state index in [0.29, 0.717) is 12.3 Å². The van der Waals surface area contributed by atoms with Gasteiger partial charge in [0.05, 0.1) is 5.75 Å². The zero-order valence-corrected chi connectivity index (χ0v) is 18.0. The molecule has 1 heterocycles. The minimum atomic E-state index is 0.0755. The summed E-state index contributed by atoms with van der Waals surface area (Å²) in [6, 6.07) is 18.5. The first-order valence-corrected chi connectivity index (χ1v) is 11.2. The molecule has 0 radical (unpaired) electrons. The predicted octanol–water partition coefficient (Wildman–Crippen LogP) is 3.88.